The summed E-state index contributed by atoms with van der Waals surface area (Å²) in [5, 5.41) is 3.20. The fraction of sp³-hybridized carbons (Fsp3) is 0.917. The Morgan fingerprint density at radius 2 is 1.94 bits per heavy atom. The van der Waals surface area contributed by atoms with Crippen LogP contribution >= 0.6 is 0 Å². The molecule has 2 rings (SSSR count). The minimum Gasteiger partial charge on any atom is -0.340 e. The van der Waals surface area contributed by atoms with E-state index in [4.69, 9.17) is 0 Å². The van der Waals surface area contributed by atoms with Crippen molar-refractivity contribution in [1.82, 2.24) is 15.1 Å². The predicted octanol–water partition coefficient (Wildman–Crippen LogP) is 0.293. The van der Waals surface area contributed by atoms with Gasteiger partial charge in [-0.05, 0) is 19.4 Å². The summed E-state index contributed by atoms with van der Waals surface area (Å²) < 4.78 is 0. The SMILES string of the molecule is CCNCCC(=O)N1CCN(C2CC2)CC1. The van der Waals surface area contributed by atoms with Gasteiger partial charge in [-0.25, -0.2) is 0 Å². The Bertz CT molecular complexity index is 232. The number of rotatable bonds is 5. The van der Waals surface area contributed by atoms with Gasteiger partial charge < -0.3 is 10.2 Å². The van der Waals surface area contributed by atoms with Crippen LogP contribution in [0.1, 0.15) is 26.2 Å². The summed E-state index contributed by atoms with van der Waals surface area (Å²) in [6.07, 6.45) is 3.39. The van der Waals surface area contributed by atoms with Crippen LogP contribution in [0.25, 0.3) is 0 Å². The van der Waals surface area contributed by atoms with E-state index in [9.17, 15) is 4.79 Å². The van der Waals surface area contributed by atoms with E-state index < -0.39 is 0 Å². The van der Waals surface area contributed by atoms with Gasteiger partial charge >= 0.3 is 0 Å². The molecule has 4 nitrogen and oxygen atoms in total. The van der Waals surface area contributed by atoms with Crippen molar-refractivity contribution in [3.8, 4) is 0 Å². The monoisotopic (exact) mass is 225 g/mol. The second-order valence-electron chi connectivity index (χ2n) is 4.75. The van der Waals surface area contributed by atoms with Crippen molar-refractivity contribution in [2.75, 3.05) is 39.3 Å². The number of piperazine rings is 1. The van der Waals surface area contributed by atoms with Crippen LogP contribution in [0.3, 0.4) is 0 Å². The van der Waals surface area contributed by atoms with Crippen LogP contribution in [0, 0.1) is 0 Å². The van der Waals surface area contributed by atoms with Crippen LogP contribution in [0.4, 0.5) is 0 Å². The smallest absolute Gasteiger partial charge is 0.223 e. The zero-order chi connectivity index (χ0) is 11.4. The van der Waals surface area contributed by atoms with Crippen LogP contribution in [0.2, 0.25) is 0 Å². The summed E-state index contributed by atoms with van der Waals surface area (Å²) in [6, 6.07) is 0.846. The van der Waals surface area contributed by atoms with Crippen molar-refractivity contribution in [2.24, 2.45) is 0 Å². The molecule has 16 heavy (non-hydrogen) atoms. The number of carbonyl (C=O) groups excluding carboxylic acids is 1. The standard InChI is InChI=1S/C12H23N3O/c1-2-13-6-5-12(16)15-9-7-14(8-10-15)11-3-4-11/h11,13H,2-10H2,1H3. The average molecular weight is 225 g/mol. The summed E-state index contributed by atoms with van der Waals surface area (Å²) in [6.45, 7) is 7.86. The Labute approximate surface area is 98.0 Å². The lowest BCUT2D eigenvalue weighted by atomic mass is 10.2. The first-order valence-electron chi connectivity index (χ1n) is 6.54. The number of hydrogen-bond acceptors (Lipinski definition) is 3. The Hall–Kier alpha value is -0.610. The number of carbonyl (C=O) groups is 1. The number of nitrogens with one attached hydrogen (secondary N) is 1. The summed E-state index contributed by atoms with van der Waals surface area (Å²) >= 11 is 0. The zero-order valence-corrected chi connectivity index (χ0v) is 10.2. The topological polar surface area (TPSA) is 35.6 Å². The van der Waals surface area contributed by atoms with E-state index in [1.54, 1.807) is 0 Å². The molecule has 0 spiro atoms. The molecule has 0 radical (unpaired) electrons. The summed E-state index contributed by atoms with van der Waals surface area (Å²) in [5.41, 5.74) is 0. The Kier molecular flexibility index (Phi) is 4.18. The van der Waals surface area contributed by atoms with Crippen LogP contribution in [-0.2, 0) is 4.79 Å². The third-order valence-corrected chi connectivity index (χ3v) is 3.50. The fourth-order valence-electron chi connectivity index (χ4n) is 2.31. The van der Waals surface area contributed by atoms with Crippen LogP contribution in [0.15, 0.2) is 0 Å². The maximum Gasteiger partial charge on any atom is 0.223 e. The molecule has 1 saturated heterocycles. The van der Waals surface area contributed by atoms with Gasteiger partial charge in [0.1, 0.15) is 0 Å². The molecule has 0 aromatic carbocycles. The summed E-state index contributed by atoms with van der Waals surface area (Å²) in [4.78, 5) is 16.4. The second kappa shape index (κ2) is 5.64. The van der Waals surface area contributed by atoms with Crippen LogP contribution in [0.5, 0.6) is 0 Å². The molecular formula is C12H23N3O. The van der Waals surface area contributed by atoms with Crippen molar-refractivity contribution in [2.45, 2.75) is 32.2 Å². The third kappa shape index (κ3) is 3.19. The van der Waals surface area contributed by atoms with E-state index in [1.165, 1.54) is 12.8 Å². The Morgan fingerprint density at radius 1 is 1.25 bits per heavy atom. The first-order valence-corrected chi connectivity index (χ1v) is 6.54. The van der Waals surface area contributed by atoms with E-state index in [2.05, 4.69) is 17.1 Å². The molecule has 0 aromatic rings. The summed E-state index contributed by atoms with van der Waals surface area (Å²) in [5.74, 6) is 0.316. The molecule has 92 valence electrons. The molecule has 0 aromatic heterocycles. The van der Waals surface area contributed by atoms with Gasteiger partial charge in [0.25, 0.3) is 0 Å². The lowest BCUT2D eigenvalue weighted by Crippen LogP contribution is -2.49. The van der Waals surface area contributed by atoms with Crippen molar-refractivity contribution in [3.63, 3.8) is 0 Å². The van der Waals surface area contributed by atoms with Crippen LogP contribution < -0.4 is 5.32 Å². The highest BCUT2D eigenvalue weighted by Gasteiger charge is 2.31. The maximum atomic E-state index is 11.8. The molecule has 0 atom stereocenters. The van der Waals surface area contributed by atoms with Gasteiger partial charge in [0, 0.05) is 45.2 Å². The largest absolute Gasteiger partial charge is 0.340 e. The molecule has 1 N–H and O–H groups in total. The highest BCUT2D eigenvalue weighted by molar-refractivity contribution is 5.76. The molecule has 2 aliphatic rings. The van der Waals surface area contributed by atoms with Gasteiger partial charge in [0.15, 0.2) is 0 Å². The molecule has 2 fully saturated rings. The average Bonchev–Trinajstić information content (AvgIpc) is 3.13. The van der Waals surface area contributed by atoms with E-state index >= 15 is 0 Å². The van der Waals surface area contributed by atoms with Gasteiger partial charge in [-0.2, -0.15) is 0 Å². The minimum atomic E-state index is 0.316. The van der Waals surface area contributed by atoms with Gasteiger partial charge in [0.05, 0.1) is 0 Å². The first kappa shape index (κ1) is 11.9. The number of nitrogens with zero attached hydrogens (tertiary/aromatic N) is 2. The van der Waals surface area contributed by atoms with Gasteiger partial charge in [-0.3, -0.25) is 9.69 Å². The summed E-state index contributed by atoms with van der Waals surface area (Å²) in [7, 11) is 0. The van der Waals surface area contributed by atoms with Gasteiger partial charge in [0.2, 0.25) is 5.91 Å². The van der Waals surface area contributed by atoms with Crippen molar-refractivity contribution in [3.05, 3.63) is 0 Å². The lowest BCUT2D eigenvalue weighted by Gasteiger charge is -2.34. The molecule has 1 amide bonds. The maximum absolute atomic E-state index is 11.8. The predicted molar refractivity (Wildman–Crippen MR) is 64.3 cm³/mol. The molecule has 1 saturated carbocycles. The van der Waals surface area contributed by atoms with Gasteiger partial charge in [-0.1, -0.05) is 6.92 Å². The molecule has 4 heteroatoms. The highest BCUT2D eigenvalue weighted by atomic mass is 16.2. The molecule has 1 heterocycles. The number of hydrogen-bond donors (Lipinski definition) is 1. The van der Waals surface area contributed by atoms with E-state index in [-0.39, 0.29) is 0 Å². The fourth-order valence-corrected chi connectivity index (χ4v) is 2.31. The van der Waals surface area contributed by atoms with Crippen molar-refractivity contribution < 1.29 is 4.79 Å². The second-order valence-corrected chi connectivity index (χ2v) is 4.75. The Balaban J connectivity index is 1.64. The molecule has 0 bridgehead atoms. The van der Waals surface area contributed by atoms with E-state index in [1.807, 2.05) is 4.90 Å². The normalized spacial score (nSPS) is 22.4. The van der Waals surface area contributed by atoms with Crippen LogP contribution in [-0.4, -0.2) is 61.0 Å². The van der Waals surface area contributed by atoms with E-state index in [0.29, 0.717) is 12.3 Å². The number of amides is 1. The quantitative estimate of drug-likeness (QED) is 0.683. The van der Waals surface area contributed by atoms with E-state index in [0.717, 1.165) is 45.3 Å². The highest BCUT2D eigenvalue weighted by Crippen LogP contribution is 2.27. The van der Waals surface area contributed by atoms with Crippen molar-refractivity contribution in [1.29, 1.82) is 0 Å². The zero-order valence-electron chi connectivity index (χ0n) is 10.2. The van der Waals surface area contributed by atoms with Gasteiger partial charge in [-0.15, -0.1) is 0 Å². The lowest BCUT2D eigenvalue weighted by molar-refractivity contribution is -0.132. The minimum absolute atomic E-state index is 0.316. The first-order chi connectivity index (χ1) is 7.81. The molecule has 1 aliphatic carbocycles. The third-order valence-electron chi connectivity index (χ3n) is 3.50. The molecule has 1 aliphatic heterocycles. The molecule has 0 unspecified atom stereocenters. The molecular weight excluding hydrogens is 202 g/mol. The van der Waals surface area contributed by atoms with Crippen molar-refractivity contribution >= 4 is 5.91 Å². The Morgan fingerprint density at radius 3 is 2.50 bits per heavy atom.